The number of nitrogens with one attached hydrogen (secondary N) is 1. The molecule has 1 N–H and O–H groups in total. The summed E-state index contributed by atoms with van der Waals surface area (Å²) in [6, 6.07) is 10.8. The van der Waals surface area contributed by atoms with Crippen molar-refractivity contribution in [2.45, 2.75) is 47.7 Å². The van der Waals surface area contributed by atoms with Crippen molar-refractivity contribution in [3.8, 4) is 0 Å². The third-order valence-corrected chi connectivity index (χ3v) is 9.41. The number of likely N-dealkylation sites (tertiary alicyclic amines) is 1. The van der Waals surface area contributed by atoms with E-state index in [2.05, 4.69) is 42.4 Å². The molecule has 0 atom stereocenters. The molecule has 0 bridgehead atoms. The van der Waals surface area contributed by atoms with E-state index in [9.17, 15) is 4.79 Å². The Morgan fingerprint density at radius 1 is 1.05 bits per heavy atom. The maximum atomic E-state index is 12.8. The lowest BCUT2D eigenvalue weighted by Crippen LogP contribution is -2.50. The second kappa shape index (κ2) is 10.5. The first-order chi connectivity index (χ1) is 18.7. The highest BCUT2D eigenvalue weighted by Crippen LogP contribution is 2.39. The molecule has 2 aliphatic heterocycles. The second-order valence-electron chi connectivity index (χ2n) is 10.2. The highest BCUT2D eigenvalue weighted by atomic mass is 32.2. The van der Waals surface area contributed by atoms with E-state index in [0.717, 1.165) is 83.8 Å². The molecule has 198 valence electrons. The van der Waals surface area contributed by atoms with Crippen molar-refractivity contribution in [3.63, 3.8) is 0 Å². The average molecular weight is 551 g/mol. The van der Waals surface area contributed by atoms with Gasteiger partial charge in [0.05, 0.1) is 35.7 Å². The first kappa shape index (κ1) is 24.4. The molecule has 1 amide bonds. The molecule has 0 unspecified atom stereocenters. The van der Waals surface area contributed by atoms with Gasteiger partial charge < -0.3 is 10.1 Å². The van der Waals surface area contributed by atoms with E-state index in [1.165, 1.54) is 35.9 Å². The first-order valence-corrected chi connectivity index (χ1v) is 15.0. The fraction of sp³-hybridized carbons (Fsp3) is 0.500. The summed E-state index contributed by atoms with van der Waals surface area (Å²) in [6.07, 6.45) is 4.62. The Balaban J connectivity index is 0.969. The SMILES string of the molecule is O=C(CN1CCC(N2CCOCC2)CC1)Nc1nc2ccc(Sc3nnc4ccc(C5CC5)nn34)cc2s1. The Bertz CT molecular complexity index is 1450. The van der Waals surface area contributed by atoms with Crippen LogP contribution in [0.25, 0.3) is 15.9 Å². The number of benzene rings is 1. The van der Waals surface area contributed by atoms with E-state index in [1.54, 1.807) is 0 Å². The van der Waals surface area contributed by atoms with Crippen molar-refractivity contribution in [1.29, 1.82) is 0 Å². The van der Waals surface area contributed by atoms with Gasteiger partial charge in [0.2, 0.25) is 11.1 Å². The van der Waals surface area contributed by atoms with Crippen molar-refractivity contribution < 1.29 is 9.53 Å². The quantitative estimate of drug-likeness (QED) is 0.371. The number of ether oxygens (including phenoxy) is 1. The number of morpholine rings is 1. The number of carbonyl (C=O) groups is 1. The maximum absolute atomic E-state index is 12.8. The number of aromatic nitrogens is 5. The van der Waals surface area contributed by atoms with E-state index in [-0.39, 0.29) is 5.91 Å². The summed E-state index contributed by atoms with van der Waals surface area (Å²) in [4.78, 5) is 23.3. The van der Waals surface area contributed by atoms with Gasteiger partial charge in [0.25, 0.3) is 0 Å². The number of hydrogen-bond acceptors (Lipinski definition) is 10. The molecule has 4 aromatic rings. The third kappa shape index (κ3) is 5.28. The van der Waals surface area contributed by atoms with Crippen LogP contribution in [-0.4, -0.2) is 92.5 Å². The number of anilines is 1. The van der Waals surface area contributed by atoms with Crippen LogP contribution in [-0.2, 0) is 9.53 Å². The molecule has 7 rings (SSSR count). The zero-order chi connectivity index (χ0) is 25.5. The second-order valence-corrected chi connectivity index (χ2v) is 12.3. The molecule has 2 saturated heterocycles. The van der Waals surface area contributed by atoms with Crippen LogP contribution < -0.4 is 5.32 Å². The summed E-state index contributed by atoms with van der Waals surface area (Å²) in [5, 5.41) is 17.8. The minimum Gasteiger partial charge on any atom is -0.379 e. The lowest BCUT2D eigenvalue weighted by molar-refractivity contribution is -0.117. The summed E-state index contributed by atoms with van der Waals surface area (Å²) in [5.74, 6) is 0.569. The molecule has 3 aromatic heterocycles. The molecular formula is C26H30N8O2S2. The van der Waals surface area contributed by atoms with Crippen LogP contribution in [0.15, 0.2) is 40.4 Å². The van der Waals surface area contributed by atoms with Crippen LogP contribution in [0.4, 0.5) is 5.13 Å². The normalized spacial score (nSPS) is 19.9. The molecule has 1 saturated carbocycles. The van der Waals surface area contributed by atoms with E-state index in [1.807, 2.05) is 22.7 Å². The van der Waals surface area contributed by atoms with Gasteiger partial charge in [0.1, 0.15) is 0 Å². The Hall–Kier alpha value is -2.64. The van der Waals surface area contributed by atoms with Gasteiger partial charge in [0, 0.05) is 43.0 Å². The Morgan fingerprint density at radius 3 is 2.71 bits per heavy atom. The zero-order valence-corrected chi connectivity index (χ0v) is 22.7. The third-order valence-electron chi connectivity index (χ3n) is 7.55. The molecule has 3 aliphatic rings. The number of thiazole rings is 1. The van der Waals surface area contributed by atoms with Gasteiger partial charge in [-0.3, -0.25) is 14.6 Å². The maximum Gasteiger partial charge on any atom is 0.240 e. The molecule has 5 heterocycles. The van der Waals surface area contributed by atoms with Gasteiger partial charge in [-0.2, -0.15) is 9.61 Å². The van der Waals surface area contributed by atoms with Crippen molar-refractivity contribution in [2.24, 2.45) is 0 Å². The Labute approximate surface area is 228 Å². The summed E-state index contributed by atoms with van der Waals surface area (Å²) in [7, 11) is 0. The van der Waals surface area contributed by atoms with E-state index < -0.39 is 0 Å². The van der Waals surface area contributed by atoms with Gasteiger partial charge in [-0.25, -0.2) is 4.98 Å². The Kier molecular flexibility index (Phi) is 6.74. The van der Waals surface area contributed by atoms with Crippen LogP contribution in [0.1, 0.15) is 37.3 Å². The molecule has 1 aliphatic carbocycles. The van der Waals surface area contributed by atoms with Gasteiger partial charge in [-0.1, -0.05) is 11.3 Å². The molecule has 12 heteroatoms. The molecule has 0 radical (unpaired) electrons. The fourth-order valence-corrected chi connectivity index (χ4v) is 7.14. The monoisotopic (exact) mass is 550 g/mol. The summed E-state index contributed by atoms with van der Waals surface area (Å²) >= 11 is 3.04. The molecule has 38 heavy (non-hydrogen) atoms. The van der Waals surface area contributed by atoms with E-state index >= 15 is 0 Å². The van der Waals surface area contributed by atoms with Crippen molar-refractivity contribution in [3.05, 3.63) is 36.0 Å². The first-order valence-electron chi connectivity index (χ1n) is 13.3. The largest absolute Gasteiger partial charge is 0.379 e. The van der Waals surface area contributed by atoms with Gasteiger partial charge in [0.15, 0.2) is 10.8 Å². The Morgan fingerprint density at radius 2 is 1.89 bits per heavy atom. The van der Waals surface area contributed by atoms with Crippen LogP contribution in [0, 0.1) is 0 Å². The standard InChI is InChI=1S/C26H30N8O2S2/c35-24(16-32-9-7-18(8-10-32)33-11-13-36-14-12-33)28-25-27-21-4-3-19(15-22(21)38-25)37-26-30-29-23-6-5-20(17-1-2-17)31-34(23)26/h3-6,15,17-18H,1-2,7-14,16H2,(H,27,28,35). The van der Waals surface area contributed by atoms with Crippen LogP contribution in [0.5, 0.6) is 0 Å². The number of nitrogens with zero attached hydrogens (tertiary/aromatic N) is 7. The molecule has 1 aromatic carbocycles. The minimum atomic E-state index is -0.00375. The number of carbonyl (C=O) groups excluding carboxylic acids is 1. The lowest BCUT2D eigenvalue weighted by Gasteiger charge is -2.39. The summed E-state index contributed by atoms with van der Waals surface area (Å²) in [6.45, 7) is 6.02. The van der Waals surface area contributed by atoms with Crippen LogP contribution >= 0.6 is 23.1 Å². The lowest BCUT2D eigenvalue weighted by atomic mass is 10.0. The van der Waals surface area contributed by atoms with E-state index in [4.69, 9.17) is 9.84 Å². The fourth-order valence-electron chi connectivity index (χ4n) is 5.32. The minimum absolute atomic E-state index is 0.00375. The number of hydrogen-bond donors (Lipinski definition) is 1. The van der Waals surface area contributed by atoms with E-state index in [0.29, 0.717) is 23.6 Å². The number of amides is 1. The molecule has 10 nitrogen and oxygen atoms in total. The van der Waals surface area contributed by atoms with Gasteiger partial charge in [-0.15, -0.1) is 10.2 Å². The summed E-state index contributed by atoms with van der Waals surface area (Å²) < 4.78 is 8.34. The molecular weight excluding hydrogens is 520 g/mol. The smallest absolute Gasteiger partial charge is 0.240 e. The topological polar surface area (TPSA) is 101 Å². The highest BCUT2D eigenvalue weighted by molar-refractivity contribution is 7.99. The van der Waals surface area contributed by atoms with Crippen LogP contribution in [0.2, 0.25) is 0 Å². The van der Waals surface area contributed by atoms with Crippen molar-refractivity contribution in [2.75, 3.05) is 51.3 Å². The van der Waals surface area contributed by atoms with Crippen LogP contribution in [0.3, 0.4) is 0 Å². The predicted octanol–water partition coefficient (Wildman–Crippen LogP) is 3.50. The van der Waals surface area contributed by atoms with Crippen molar-refractivity contribution in [1.82, 2.24) is 34.6 Å². The number of rotatable bonds is 7. The average Bonchev–Trinajstić information content (AvgIpc) is 3.61. The summed E-state index contributed by atoms with van der Waals surface area (Å²) in [5.41, 5.74) is 2.74. The van der Waals surface area contributed by atoms with Gasteiger partial charge in [-0.05, 0) is 67.8 Å². The number of piperidine rings is 1. The van der Waals surface area contributed by atoms with Gasteiger partial charge >= 0.3 is 0 Å². The highest BCUT2D eigenvalue weighted by Gasteiger charge is 2.27. The molecule has 3 fully saturated rings. The zero-order valence-electron chi connectivity index (χ0n) is 21.1. The predicted molar refractivity (Wildman–Crippen MR) is 147 cm³/mol. The molecule has 0 spiro atoms. The van der Waals surface area contributed by atoms with Crippen molar-refractivity contribution >= 4 is 50.0 Å². The number of fused-ring (bicyclic) bond motifs is 2.